The molecule has 2 rings (SSSR count). The summed E-state index contributed by atoms with van der Waals surface area (Å²) in [5.74, 6) is -1.96. The van der Waals surface area contributed by atoms with E-state index in [1.807, 2.05) is 0 Å². The Kier molecular flexibility index (Phi) is 3.56. The van der Waals surface area contributed by atoms with E-state index in [4.69, 9.17) is 11.0 Å². The number of hydrogen-bond donors (Lipinski definition) is 1. The molecular weight excluding hydrogens is 255 g/mol. The van der Waals surface area contributed by atoms with Gasteiger partial charge in [0.05, 0.1) is 6.07 Å². The second-order valence-corrected chi connectivity index (χ2v) is 4.66. The van der Waals surface area contributed by atoms with Crippen LogP contribution in [0.4, 0.5) is 24.5 Å². The number of halogens is 3. The van der Waals surface area contributed by atoms with Crippen molar-refractivity contribution in [2.24, 2.45) is 5.92 Å². The van der Waals surface area contributed by atoms with Gasteiger partial charge < -0.3 is 10.6 Å². The van der Waals surface area contributed by atoms with Crippen LogP contribution in [0.5, 0.6) is 0 Å². The van der Waals surface area contributed by atoms with E-state index in [0.29, 0.717) is 12.2 Å². The Hall–Kier alpha value is -1.90. The molecule has 2 N–H and O–H groups in total. The van der Waals surface area contributed by atoms with Gasteiger partial charge in [-0.25, -0.2) is 0 Å². The number of benzene rings is 1. The third-order valence-corrected chi connectivity index (χ3v) is 3.27. The number of hydrogen-bond acceptors (Lipinski definition) is 3. The predicted octanol–water partition coefficient (Wildman–Crippen LogP) is 2.72. The maximum absolute atomic E-state index is 12.6. The molecule has 102 valence electrons. The average molecular weight is 269 g/mol. The van der Waals surface area contributed by atoms with Crippen LogP contribution in [0.2, 0.25) is 0 Å². The summed E-state index contributed by atoms with van der Waals surface area (Å²) in [5, 5.41) is 8.67. The molecule has 0 saturated carbocycles. The lowest BCUT2D eigenvalue weighted by molar-refractivity contribution is -0.156. The Morgan fingerprint density at radius 2 is 2.16 bits per heavy atom. The van der Waals surface area contributed by atoms with Gasteiger partial charge in [0.2, 0.25) is 0 Å². The number of anilines is 2. The number of nitrogens with zero attached hydrogens (tertiary/aromatic N) is 2. The molecule has 1 aromatic rings. The minimum Gasteiger partial charge on any atom is -0.399 e. The summed E-state index contributed by atoms with van der Waals surface area (Å²) in [7, 11) is 0. The topological polar surface area (TPSA) is 53.0 Å². The van der Waals surface area contributed by atoms with Crippen LogP contribution in [0.15, 0.2) is 18.2 Å². The first-order valence-corrected chi connectivity index (χ1v) is 6.01. The Labute approximate surface area is 109 Å². The maximum atomic E-state index is 12.6. The second-order valence-electron chi connectivity index (χ2n) is 4.66. The third-order valence-electron chi connectivity index (χ3n) is 3.27. The highest BCUT2D eigenvalue weighted by molar-refractivity contribution is 5.61. The van der Waals surface area contributed by atoms with Crippen LogP contribution in [0.3, 0.4) is 0 Å². The molecule has 1 heterocycles. The first-order chi connectivity index (χ1) is 8.91. The molecule has 1 aromatic carbocycles. The highest BCUT2D eigenvalue weighted by atomic mass is 19.4. The summed E-state index contributed by atoms with van der Waals surface area (Å²) < 4.78 is 37.9. The molecule has 19 heavy (non-hydrogen) atoms. The molecule has 0 amide bonds. The van der Waals surface area contributed by atoms with Crippen molar-refractivity contribution in [3.8, 4) is 6.07 Å². The van der Waals surface area contributed by atoms with Crippen molar-refractivity contribution in [3.05, 3.63) is 23.8 Å². The van der Waals surface area contributed by atoms with Crippen molar-refractivity contribution in [2.75, 3.05) is 23.7 Å². The van der Waals surface area contributed by atoms with E-state index in [-0.39, 0.29) is 6.54 Å². The second kappa shape index (κ2) is 5.00. The van der Waals surface area contributed by atoms with Crippen LogP contribution in [0.1, 0.15) is 12.0 Å². The molecule has 1 unspecified atom stereocenters. The molecule has 0 aromatic heterocycles. The Bertz CT molecular complexity index is 505. The lowest BCUT2D eigenvalue weighted by atomic mass is 9.99. The number of aryl methyl sites for hydroxylation is 1. The van der Waals surface area contributed by atoms with E-state index < -0.39 is 12.1 Å². The van der Waals surface area contributed by atoms with Gasteiger partial charge in [-0.1, -0.05) is 0 Å². The van der Waals surface area contributed by atoms with Crippen molar-refractivity contribution < 1.29 is 13.2 Å². The monoisotopic (exact) mass is 269 g/mol. The molecule has 6 heteroatoms. The fraction of sp³-hybridized carbons (Fsp3) is 0.462. The zero-order valence-electron chi connectivity index (χ0n) is 10.2. The molecule has 1 aliphatic heterocycles. The van der Waals surface area contributed by atoms with Gasteiger partial charge in [0.15, 0.2) is 5.92 Å². The molecule has 0 fully saturated rings. The number of nitriles is 1. The summed E-state index contributed by atoms with van der Waals surface area (Å²) >= 11 is 0. The van der Waals surface area contributed by atoms with Crippen molar-refractivity contribution >= 4 is 11.4 Å². The fourth-order valence-electron chi connectivity index (χ4n) is 2.32. The number of nitrogen functional groups attached to an aromatic ring is 1. The van der Waals surface area contributed by atoms with Crippen LogP contribution in [-0.2, 0) is 6.42 Å². The van der Waals surface area contributed by atoms with E-state index in [9.17, 15) is 13.2 Å². The van der Waals surface area contributed by atoms with Crippen LogP contribution >= 0.6 is 0 Å². The minimum atomic E-state index is -4.49. The summed E-state index contributed by atoms with van der Waals surface area (Å²) in [6.07, 6.45) is -2.91. The lowest BCUT2D eigenvalue weighted by Gasteiger charge is -2.33. The van der Waals surface area contributed by atoms with E-state index in [1.54, 1.807) is 23.1 Å². The first kappa shape index (κ1) is 13.5. The highest BCUT2D eigenvalue weighted by Gasteiger charge is 2.41. The maximum Gasteiger partial charge on any atom is 0.406 e. The summed E-state index contributed by atoms with van der Waals surface area (Å²) in [6.45, 7) is 0.210. The van der Waals surface area contributed by atoms with Crippen LogP contribution in [-0.4, -0.2) is 19.3 Å². The number of nitrogens with two attached hydrogens (primary N) is 1. The molecule has 3 nitrogen and oxygen atoms in total. The van der Waals surface area contributed by atoms with Gasteiger partial charge in [-0.05, 0) is 36.6 Å². The number of alkyl halides is 3. The summed E-state index contributed by atoms with van der Waals surface area (Å²) in [5.41, 5.74) is 7.98. The van der Waals surface area contributed by atoms with Crippen molar-refractivity contribution in [3.63, 3.8) is 0 Å². The fourth-order valence-corrected chi connectivity index (χ4v) is 2.32. The largest absolute Gasteiger partial charge is 0.406 e. The zero-order valence-corrected chi connectivity index (χ0v) is 10.2. The van der Waals surface area contributed by atoms with E-state index >= 15 is 0 Å². The Morgan fingerprint density at radius 3 is 2.79 bits per heavy atom. The van der Waals surface area contributed by atoms with Gasteiger partial charge in [0, 0.05) is 24.5 Å². The molecule has 1 aliphatic rings. The van der Waals surface area contributed by atoms with E-state index in [1.165, 1.54) is 6.07 Å². The van der Waals surface area contributed by atoms with Crippen LogP contribution in [0, 0.1) is 17.2 Å². The molecule has 0 aliphatic carbocycles. The molecule has 1 atom stereocenters. The third kappa shape index (κ3) is 2.92. The quantitative estimate of drug-likeness (QED) is 0.840. The van der Waals surface area contributed by atoms with E-state index in [0.717, 1.165) is 24.1 Å². The normalized spacial score (nSPS) is 16.6. The zero-order chi connectivity index (χ0) is 14.0. The van der Waals surface area contributed by atoms with Gasteiger partial charge in [0.25, 0.3) is 0 Å². The van der Waals surface area contributed by atoms with Gasteiger partial charge in [-0.15, -0.1) is 0 Å². The SMILES string of the molecule is N#CC(CN1CCCc2cc(N)ccc21)C(F)(F)F. The van der Waals surface area contributed by atoms with Gasteiger partial charge in [0.1, 0.15) is 0 Å². The smallest absolute Gasteiger partial charge is 0.399 e. The van der Waals surface area contributed by atoms with Gasteiger partial charge in [-0.3, -0.25) is 0 Å². The van der Waals surface area contributed by atoms with Gasteiger partial charge >= 0.3 is 6.18 Å². The Morgan fingerprint density at radius 1 is 1.42 bits per heavy atom. The van der Waals surface area contributed by atoms with Crippen molar-refractivity contribution in [1.82, 2.24) is 0 Å². The molecular formula is C13H14F3N3. The van der Waals surface area contributed by atoms with Gasteiger partial charge in [-0.2, -0.15) is 18.4 Å². The van der Waals surface area contributed by atoms with Crippen LogP contribution in [0.25, 0.3) is 0 Å². The van der Waals surface area contributed by atoms with Crippen LogP contribution < -0.4 is 10.6 Å². The first-order valence-electron chi connectivity index (χ1n) is 6.01. The van der Waals surface area contributed by atoms with Crippen molar-refractivity contribution in [1.29, 1.82) is 5.26 Å². The number of fused-ring (bicyclic) bond motifs is 1. The molecule has 0 radical (unpaired) electrons. The minimum absolute atomic E-state index is 0.323. The molecule has 0 saturated heterocycles. The average Bonchev–Trinajstić information content (AvgIpc) is 2.34. The lowest BCUT2D eigenvalue weighted by Crippen LogP contribution is -2.38. The number of rotatable bonds is 2. The molecule has 0 bridgehead atoms. The van der Waals surface area contributed by atoms with Crippen molar-refractivity contribution in [2.45, 2.75) is 19.0 Å². The Balaban J connectivity index is 2.23. The summed E-state index contributed by atoms with van der Waals surface area (Å²) in [4.78, 5) is 1.62. The molecule has 0 spiro atoms. The highest BCUT2D eigenvalue weighted by Crippen LogP contribution is 2.32. The predicted molar refractivity (Wildman–Crippen MR) is 66.5 cm³/mol. The van der Waals surface area contributed by atoms with E-state index in [2.05, 4.69) is 0 Å². The standard InChI is InChI=1S/C13H14F3N3/c14-13(15,16)10(7-17)8-19-5-1-2-9-6-11(18)3-4-12(9)19/h3-4,6,10H,1-2,5,8,18H2. The summed E-state index contributed by atoms with van der Waals surface area (Å²) in [6, 6.07) is 6.53.